The van der Waals surface area contributed by atoms with Crippen molar-refractivity contribution >= 4 is 17.3 Å². The van der Waals surface area contributed by atoms with Gasteiger partial charge in [0.25, 0.3) is 0 Å². The van der Waals surface area contributed by atoms with Crippen LogP contribution in [0.4, 0.5) is 8.78 Å². The molecule has 0 amide bonds. The summed E-state index contributed by atoms with van der Waals surface area (Å²) in [4.78, 5) is 10.3. The Morgan fingerprint density at radius 2 is 2.00 bits per heavy atom. The van der Waals surface area contributed by atoms with Crippen LogP contribution in [-0.2, 0) is 12.8 Å². The van der Waals surface area contributed by atoms with Crippen molar-refractivity contribution in [3.05, 3.63) is 51.0 Å². The third-order valence-electron chi connectivity index (χ3n) is 3.71. The van der Waals surface area contributed by atoms with E-state index in [-0.39, 0.29) is 5.82 Å². The average Bonchev–Trinajstić information content (AvgIpc) is 2.89. The zero-order chi connectivity index (χ0) is 18.2. The topological polar surface area (TPSA) is 49.3 Å². The number of nitrogens with one attached hydrogen (secondary N) is 2. The number of aromatic nitrogens is 1. The minimum Gasteiger partial charge on any atom is -0.357 e. The van der Waals surface area contributed by atoms with E-state index >= 15 is 0 Å². The van der Waals surface area contributed by atoms with E-state index < -0.39 is 5.82 Å². The number of nitrogens with zero attached hydrogens (tertiary/aromatic N) is 2. The van der Waals surface area contributed by atoms with Crippen molar-refractivity contribution in [1.29, 1.82) is 0 Å². The van der Waals surface area contributed by atoms with Crippen molar-refractivity contribution in [2.45, 2.75) is 33.6 Å². The Morgan fingerprint density at radius 1 is 1.20 bits per heavy atom. The summed E-state index contributed by atoms with van der Waals surface area (Å²) in [5, 5.41) is 7.38. The fraction of sp³-hybridized carbons (Fsp3) is 0.444. The summed E-state index contributed by atoms with van der Waals surface area (Å²) >= 11 is 1.70. The molecule has 0 aliphatic carbocycles. The molecule has 0 unspecified atom stereocenters. The molecule has 0 bridgehead atoms. The normalized spacial score (nSPS) is 11.6. The Morgan fingerprint density at radius 3 is 2.68 bits per heavy atom. The zero-order valence-electron chi connectivity index (χ0n) is 14.8. The van der Waals surface area contributed by atoms with Gasteiger partial charge < -0.3 is 10.6 Å². The van der Waals surface area contributed by atoms with Gasteiger partial charge in [-0.2, -0.15) is 0 Å². The van der Waals surface area contributed by atoms with E-state index in [0.717, 1.165) is 35.8 Å². The van der Waals surface area contributed by atoms with E-state index in [1.807, 2.05) is 13.8 Å². The van der Waals surface area contributed by atoms with Gasteiger partial charge in [-0.05, 0) is 51.0 Å². The molecule has 0 aliphatic rings. The Hall–Kier alpha value is -2.02. The summed E-state index contributed by atoms with van der Waals surface area (Å²) in [6.07, 6.45) is 1.17. The van der Waals surface area contributed by atoms with Crippen LogP contribution in [0.3, 0.4) is 0 Å². The molecule has 2 N–H and O–H groups in total. The minimum atomic E-state index is -0.425. The predicted molar refractivity (Wildman–Crippen MR) is 99.3 cm³/mol. The first-order chi connectivity index (χ1) is 12.0. The molecule has 0 saturated heterocycles. The number of aliphatic imine (C=N–C) groups is 1. The second-order valence-electron chi connectivity index (χ2n) is 5.67. The highest BCUT2D eigenvalue weighted by Gasteiger charge is 2.05. The Bertz CT molecular complexity index is 708. The quantitative estimate of drug-likeness (QED) is 0.583. The van der Waals surface area contributed by atoms with Gasteiger partial charge in [0.05, 0.1) is 10.7 Å². The van der Waals surface area contributed by atoms with E-state index in [4.69, 9.17) is 0 Å². The number of halogens is 2. The Labute approximate surface area is 151 Å². The lowest BCUT2D eigenvalue weighted by Gasteiger charge is -2.11. The number of rotatable bonds is 7. The van der Waals surface area contributed by atoms with Gasteiger partial charge in [-0.15, -0.1) is 11.3 Å². The molecule has 2 rings (SSSR count). The van der Waals surface area contributed by atoms with Crippen molar-refractivity contribution in [1.82, 2.24) is 15.6 Å². The summed E-state index contributed by atoms with van der Waals surface area (Å²) in [7, 11) is 0. The van der Waals surface area contributed by atoms with Crippen molar-refractivity contribution in [3.63, 3.8) is 0 Å². The van der Waals surface area contributed by atoms with E-state index in [2.05, 4.69) is 27.5 Å². The lowest BCUT2D eigenvalue weighted by Crippen LogP contribution is -2.38. The van der Waals surface area contributed by atoms with E-state index in [1.165, 1.54) is 10.9 Å². The molecule has 0 atom stereocenters. The summed E-state index contributed by atoms with van der Waals surface area (Å²) < 4.78 is 26.8. The monoisotopic (exact) mass is 366 g/mol. The molecule has 0 radical (unpaired) electrons. The predicted octanol–water partition coefficient (Wildman–Crippen LogP) is 3.38. The lowest BCUT2D eigenvalue weighted by molar-refractivity contribution is 0.583. The van der Waals surface area contributed by atoms with Gasteiger partial charge in [0.2, 0.25) is 0 Å². The van der Waals surface area contributed by atoms with Gasteiger partial charge in [0.1, 0.15) is 11.6 Å². The van der Waals surface area contributed by atoms with Crippen LogP contribution in [0.25, 0.3) is 0 Å². The van der Waals surface area contributed by atoms with Gasteiger partial charge >= 0.3 is 0 Å². The highest BCUT2D eigenvalue weighted by Crippen LogP contribution is 2.16. The molecule has 4 nitrogen and oxygen atoms in total. The number of thiazole rings is 1. The van der Waals surface area contributed by atoms with Crippen molar-refractivity contribution in [2.75, 3.05) is 19.6 Å². The molecule has 0 aliphatic heterocycles. The number of aryl methyl sites for hydroxylation is 2. The SMILES string of the molecule is CCNC(=NCCc1nc(C)c(C)s1)NCCc1cc(F)ccc1F. The van der Waals surface area contributed by atoms with Crippen LogP contribution in [0.1, 0.15) is 28.1 Å². The third-order valence-corrected chi connectivity index (χ3v) is 4.84. The smallest absolute Gasteiger partial charge is 0.191 e. The first-order valence-electron chi connectivity index (χ1n) is 8.38. The summed E-state index contributed by atoms with van der Waals surface area (Å²) in [6, 6.07) is 3.51. The fourth-order valence-corrected chi connectivity index (χ4v) is 3.22. The van der Waals surface area contributed by atoms with Crippen molar-refractivity contribution in [2.24, 2.45) is 4.99 Å². The van der Waals surface area contributed by atoms with E-state index in [0.29, 0.717) is 31.0 Å². The molecule has 136 valence electrons. The molecular formula is C18H24F2N4S. The maximum Gasteiger partial charge on any atom is 0.191 e. The van der Waals surface area contributed by atoms with Crippen LogP contribution >= 0.6 is 11.3 Å². The average molecular weight is 366 g/mol. The number of hydrogen-bond acceptors (Lipinski definition) is 3. The highest BCUT2D eigenvalue weighted by molar-refractivity contribution is 7.11. The molecule has 1 aromatic carbocycles. The summed E-state index contributed by atoms with van der Waals surface area (Å²) in [6.45, 7) is 7.89. The molecule has 0 spiro atoms. The van der Waals surface area contributed by atoms with Crippen LogP contribution in [-0.4, -0.2) is 30.6 Å². The molecule has 2 aromatic rings. The fourth-order valence-electron chi connectivity index (χ4n) is 2.30. The second-order valence-corrected chi connectivity index (χ2v) is 6.96. The van der Waals surface area contributed by atoms with Gasteiger partial charge in [-0.1, -0.05) is 0 Å². The maximum absolute atomic E-state index is 13.6. The zero-order valence-corrected chi connectivity index (χ0v) is 15.6. The standard InChI is InChI=1S/C18H24F2N4S/c1-4-21-18(23-10-8-17-24-12(2)13(3)25-17)22-9-7-14-11-15(19)5-6-16(14)20/h5-6,11H,4,7-10H2,1-3H3,(H2,21,22,23). The lowest BCUT2D eigenvalue weighted by atomic mass is 10.1. The minimum absolute atomic E-state index is 0.358. The molecule has 7 heteroatoms. The Balaban J connectivity index is 1.85. The molecule has 25 heavy (non-hydrogen) atoms. The number of guanidine groups is 1. The van der Waals surface area contributed by atoms with Gasteiger partial charge in [0, 0.05) is 30.9 Å². The second kappa shape index (κ2) is 9.46. The van der Waals surface area contributed by atoms with Crippen LogP contribution in [0.15, 0.2) is 23.2 Å². The highest BCUT2D eigenvalue weighted by atomic mass is 32.1. The van der Waals surface area contributed by atoms with Crippen molar-refractivity contribution in [3.8, 4) is 0 Å². The van der Waals surface area contributed by atoms with Crippen LogP contribution in [0.2, 0.25) is 0 Å². The molecule has 1 heterocycles. The maximum atomic E-state index is 13.6. The van der Waals surface area contributed by atoms with Crippen LogP contribution < -0.4 is 10.6 Å². The van der Waals surface area contributed by atoms with E-state index in [9.17, 15) is 8.78 Å². The molecular weight excluding hydrogens is 342 g/mol. The Kier molecular flexibility index (Phi) is 7.31. The molecule has 0 fully saturated rings. The molecule has 0 saturated carbocycles. The summed E-state index contributed by atoms with van der Waals surface area (Å²) in [5.74, 6) is -0.144. The van der Waals surface area contributed by atoms with Crippen LogP contribution in [0, 0.1) is 25.5 Å². The third kappa shape index (κ3) is 6.08. The van der Waals surface area contributed by atoms with Gasteiger partial charge in [0.15, 0.2) is 5.96 Å². The first-order valence-corrected chi connectivity index (χ1v) is 9.20. The van der Waals surface area contributed by atoms with Crippen molar-refractivity contribution < 1.29 is 8.78 Å². The van der Waals surface area contributed by atoms with E-state index in [1.54, 1.807) is 11.3 Å². The molecule has 1 aromatic heterocycles. The first kappa shape index (κ1) is 19.3. The largest absolute Gasteiger partial charge is 0.357 e. The van der Waals surface area contributed by atoms with Crippen LogP contribution in [0.5, 0.6) is 0 Å². The van der Waals surface area contributed by atoms with Gasteiger partial charge in [-0.25, -0.2) is 13.8 Å². The number of benzene rings is 1. The van der Waals surface area contributed by atoms with Gasteiger partial charge in [-0.3, -0.25) is 4.99 Å². The summed E-state index contributed by atoms with van der Waals surface area (Å²) in [5.41, 5.74) is 1.43. The number of hydrogen-bond donors (Lipinski definition) is 2.